The molecular weight excluding hydrogens is 508 g/mol. The van der Waals surface area contributed by atoms with Crippen molar-refractivity contribution in [3.8, 4) is 23.0 Å². The van der Waals surface area contributed by atoms with Gasteiger partial charge in [-0.05, 0) is 49.4 Å². The SMILES string of the molecule is C=C[C@@H]1CCC[C@H](n2nnc3c(N(Cc4ccc(OC)cc4OC)Cc4ccc(OC)cc4OC)ncnc32)C1. The van der Waals surface area contributed by atoms with Crippen molar-refractivity contribution in [1.82, 2.24) is 25.0 Å². The van der Waals surface area contributed by atoms with E-state index in [9.17, 15) is 0 Å². The third-order valence-electron chi connectivity index (χ3n) is 7.62. The minimum absolute atomic E-state index is 0.223. The highest BCUT2D eigenvalue weighted by molar-refractivity contribution is 5.82. The molecule has 2 aromatic heterocycles. The average molecular weight is 545 g/mol. The van der Waals surface area contributed by atoms with Crippen LogP contribution in [0.4, 0.5) is 5.82 Å². The van der Waals surface area contributed by atoms with Gasteiger partial charge in [-0.1, -0.05) is 17.7 Å². The van der Waals surface area contributed by atoms with E-state index in [1.54, 1.807) is 34.8 Å². The molecule has 0 saturated heterocycles. The summed E-state index contributed by atoms with van der Waals surface area (Å²) in [6.45, 7) is 4.99. The zero-order chi connectivity index (χ0) is 28.1. The largest absolute Gasteiger partial charge is 0.497 e. The van der Waals surface area contributed by atoms with Crippen LogP contribution in [-0.4, -0.2) is 53.4 Å². The maximum Gasteiger partial charge on any atom is 0.184 e. The van der Waals surface area contributed by atoms with Crippen molar-refractivity contribution in [3.05, 3.63) is 66.5 Å². The number of methoxy groups -OCH3 is 4. The number of rotatable bonds is 11. The van der Waals surface area contributed by atoms with E-state index in [1.165, 1.54) is 0 Å². The fourth-order valence-corrected chi connectivity index (χ4v) is 5.45. The zero-order valence-corrected chi connectivity index (χ0v) is 23.5. The second kappa shape index (κ2) is 12.2. The van der Waals surface area contributed by atoms with Crippen molar-refractivity contribution in [2.45, 2.75) is 44.8 Å². The standard InChI is InChI=1S/C30H36N6O4/c1-6-20-8-7-9-23(14-20)36-30-28(33-34-36)29(31-19-32-30)35(17-21-10-12-24(37-2)15-26(21)39-4)18-22-11-13-25(38-3)16-27(22)40-5/h6,10-13,15-16,19-20,23H,1,7-9,14,17-18H2,2-5H3/t20-,23+/m1/s1. The summed E-state index contributed by atoms with van der Waals surface area (Å²) in [4.78, 5) is 11.5. The van der Waals surface area contributed by atoms with Crippen molar-refractivity contribution in [1.29, 1.82) is 0 Å². The maximum absolute atomic E-state index is 5.72. The van der Waals surface area contributed by atoms with Gasteiger partial charge in [-0.15, -0.1) is 11.7 Å². The number of nitrogens with zero attached hydrogens (tertiary/aromatic N) is 6. The molecule has 4 aromatic rings. The van der Waals surface area contributed by atoms with Crippen LogP contribution in [0.2, 0.25) is 0 Å². The smallest absolute Gasteiger partial charge is 0.184 e. The lowest BCUT2D eigenvalue weighted by Crippen LogP contribution is -2.24. The van der Waals surface area contributed by atoms with Crippen LogP contribution in [0.5, 0.6) is 23.0 Å². The number of hydrogen-bond donors (Lipinski definition) is 0. The Bertz CT molecular complexity index is 1410. The number of ether oxygens (including phenoxy) is 4. The van der Waals surface area contributed by atoms with Crippen LogP contribution in [0.15, 0.2) is 55.4 Å². The minimum Gasteiger partial charge on any atom is -0.497 e. The van der Waals surface area contributed by atoms with Crippen LogP contribution in [-0.2, 0) is 13.1 Å². The Morgan fingerprint density at radius 3 is 2.12 bits per heavy atom. The molecule has 1 aliphatic rings. The van der Waals surface area contributed by atoms with Gasteiger partial charge in [0.05, 0.1) is 34.5 Å². The summed E-state index contributed by atoms with van der Waals surface area (Å²) in [5.74, 6) is 4.04. The molecule has 0 aliphatic heterocycles. The van der Waals surface area contributed by atoms with E-state index in [0.717, 1.165) is 65.5 Å². The van der Waals surface area contributed by atoms with Crippen molar-refractivity contribution >= 4 is 17.0 Å². The predicted octanol–water partition coefficient (Wildman–Crippen LogP) is 5.38. The van der Waals surface area contributed by atoms with E-state index in [2.05, 4.69) is 32.9 Å². The van der Waals surface area contributed by atoms with Gasteiger partial charge >= 0.3 is 0 Å². The number of benzene rings is 2. The monoisotopic (exact) mass is 544 g/mol. The Balaban J connectivity index is 1.57. The van der Waals surface area contributed by atoms with Crippen molar-refractivity contribution in [2.75, 3.05) is 33.3 Å². The highest BCUT2D eigenvalue weighted by Gasteiger charge is 2.27. The van der Waals surface area contributed by atoms with Crippen LogP contribution in [0.25, 0.3) is 11.2 Å². The van der Waals surface area contributed by atoms with Crippen LogP contribution in [0, 0.1) is 5.92 Å². The van der Waals surface area contributed by atoms with E-state index < -0.39 is 0 Å². The van der Waals surface area contributed by atoms with Gasteiger partial charge in [0.1, 0.15) is 29.3 Å². The first-order valence-electron chi connectivity index (χ1n) is 13.4. The van der Waals surface area contributed by atoms with Crippen molar-refractivity contribution < 1.29 is 18.9 Å². The summed E-state index contributed by atoms with van der Waals surface area (Å²) >= 11 is 0. The Labute approximate surface area is 234 Å². The van der Waals surface area contributed by atoms with Crippen LogP contribution >= 0.6 is 0 Å². The third-order valence-corrected chi connectivity index (χ3v) is 7.62. The van der Waals surface area contributed by atoms with Crippen LogP contribution in [0.3, 0.4) is 0 Å². The van der Waals surface area contributed by atoms with Gasteiger partial charge in [0, 0.05) is 36.3 Å². The molecule has 0 unspecified atom stereocenters. The highest BCUT2D eigenvalue weighted by atomic mass is 16.5. The number of allylic oxidation sites excluding steroid dienone is 1. The van der Waals surface area contributed by atoms with Crippen LogP contribution in [0.1, 0.15) is 42.9 Å². The summed E-state index contributed by atoms with van der Waals surface area (Å²) < 4.78 is 24.2. The first kappa shape index (κ1) is 27.2. The molecule has 0 amide bonds. The summed E-state index contributed by atoms with van der Waals surface area (Å²) in [7, 11) is 6.59. The van der Waals surface area contributed by atoms with E-state index in [1.807, 2.05) is 41.1 Å². The van der Waals surface area contributed by atoms with Crippen molar-refractivity contribution in [2.24, 2.45) is 5.92 Å². The number of fused-ring (bicyclic) bond motifs is 1. The van der Waals surface area contributed by atoms with Crippen LogP contribution < -0.4 is 23.8 Å². The second-order valence-electron chi connectivity index (χ2n) is 9.93. The molecule has 0 bridgehead atoms. The molecule has 0 spiro atoms. The molecule has 0 N–H and O–H groups in total. The molecule has 1 fully saturated rings. The Kier molecular flexibility index (Phi) is 8.33. The highest BCUT2D eigenvalue weighted by Crippen LogP contribution is 2.36. The molecule has 40 heavy (non-hydrogen) atoms. The molecular formula is C30H36N6O4. The fraction of sp³-hybridized carbons (Fsp3) is 0.400. The topological polar surface area (TPSA) is 96.7 Å². The second-order valence-corrected chi connectivity index (χ2v) is 9.93. The van der Waals surface area contributed by atoms with Gasteiger partial charge in [-0.3, -0.25) is 0 Å². The van der Waals surface area contributed by atoms with Gasteiger partial charge in [0.2, 0.25) is 0 Å². The molecule has 0 radical (unpaired) electrons. The van der Waals surface area contributed by atoms with Crippen molar-refractivity contribution in [3.63, 3.8) is 0 Å². The summed E-state index contributed by atoms with van der Waals surface area (Å²) in [5, 5.41) is 9.19. The molecule has 10 nitrogen and oxygen atoms in total. The van der Waals surface area contributed by atoms with Gasteiger partial charge in [-0.2, -0.15) is 0 Å². The number of aromatic nitrogens is 5. The fourth-order valence-electron chi connectivity index (χ4n) is 5.45. The van der Waals surface area contributed by atoms with Gasteiger partial charge in [0.15, 0.2) is 17.0 Å². The molecule has 2 atom stereocenters. The minimum atomic E-state index is 0.223. The lowest BCUT2D eigenvalue weighted by molar-refractivity contribution is 0.286. The van der Waals surface area contributed by atoms with Gasteiger partial charge in [0.25, 0.3) is 0 Å². The molecule has 2 heterocycles. The first-order valence-corrected chi connectivity index (χ1v) is 13.4. The lowest BCUT2D eigenvalue weighted by atomic mass is 9.86. The molecule has 2 aromatic carbocycles. The van der Waals surface area contributed by atoms with E-state index in [0.29, 0.717) is 30.3 Å². The normalized spacial score (nSPS) is 16.9. The molecule has 5 rings (SSSR count). The predicted molar refractivity (Wildman–Crippen MR) is 153 cm³/mol. The molecule has 1 saturated carbocycles. The summed E-state index contributed by atoms with van der Waals surface area (Å²) in [6, 6.07) is 11.8. The molecule has 10 heteroatoms. The Hall–Kier alpha value is -4.34. The molecule has 1 aliphatic carbocycles. The molecule has 210 valence electrons. The number of hydrogen-bond acceptors (Lipinski definition) is 9. The first-order chi connectivity index (χ1) is 19.6. The quantitative estimate of drug-likeness (QED) is 0.231. The maximum atomic E-state index is 5.72. The Morgan fingerprint density at radius 2 is 1.55 bits per heavy atom. The average Bonchev–Trinajstić information content (AvgIpc) is 3.45. The summed E-state index contributed by atoms with van der Waals surface area (Å²) in [5.41, 5.74) is 3.32. The third kappa shape index (κ3) is 5.52. The van der Waals surface area contributed by atoms with E-state index >= 15 is 0 Å². The summed E-state index contributed by atoms with van der Waals surface area (Å²) in [6.07, 6.45) is 7.96. The van der Waals surface area contributed by atoms with Gasteiger partial charge in [-0.25, -0.2) is 14.6 Å². The van der Waals surface area contributed by atoms with Gasteiger partial charge < -0.3 is 23.8 Å². The van der Waals surface area contributed by atoms with E-state index in [-0.39, 0.29) is 6.04 Å². The lowest BCUT2D eigenvalue weighted by Gasteiger charge is -2.27. The Morgan fingerprint density at radius 1 is 0.900 bits per heavy atom. The van der Waals surface area contributed by atoms with E-state index in [4.69, 9.17) is 23.9 Å². The number of anilines is 1. The zero-order valence-electron chi connectivity index (χ0n) is 23.5.